The maximum atomic E-state index is 12.1. The van der Waals surface area contributed by atoms with Crippen LogP contribution in [-0.4, -0.2) is 53.0 Å². The van der Waals surface area contributed by atoms with Crippen LogP contribution in [0.25, 0.3) is 0 Å². The molecule has 9 heteroatoms. The summed E-state index contributed by atoms with van der Waals surface area (Å²) in [4.78, 5) is 6.37. The average Bonchev–Trinajstić information content (AvgIpc) is 2.52. The lowest BCUT2D eigenvalue weighted by Gasteiger charge is -2.21. The van der Waals surface area contributed by atoms with Gasteiger partial charge in [-0.25, -0.2) is 13.1 Å². The molecule has 0 bridgehead atoms. The third-order valence-electron chi connectivity index (χ3n) is 3.23. The van der Waals surface area contributed by atoms with Crippen LogP contribution in [0.5, 0.6) is 0 Å². The summed E-state index contributed by atoms with van der Waals surface area (Å²) in [6.07, 6.45) is 2.19. The van der Waals surface area contributed by atoms with Crippen molar-refractivity contribution in [1.82, 2.24) is 14.9 Å². The fourth-order valence-corrected chi connectivity index (χ4v) is 3.30. The Labute approximate surface area is 167 Å². The van der Waals surface area contributed by atoms with Crippen molar-refractivity contribution in [1.29, 1.82) is 0 Å². The van der Waals surface area contributed by atoms with E-state index in [1.807, 2.05) is 11.9 Å². The van der Waals surface area contributed by atoms with Gasteiger partial charge < -0.3 is 10.2 Å². The topological polar surface area (TPSA) is 73.8 Å². The van der Waals surface area contributed by atoms with Gasteiger partial charge >= 0.3 is 0 Å². The molecule has 0 spiro atoms. The zero-order valence-corrected chi connectivity index (χ0v) is 18.2. The van der Waals surface area contributed by atoms with E-state index >= 15 is 0 Å². The fourth-order valence-electron chi connectivity index (χ4n) is 1.96. The summed E-state index contributed by atoms with van der Waals surface area (Å²) in [6.45, 7) is 3.75. The van der Waals surface area contributed by atoms with E-state index in [1.54, 1.807) is 19.2 Å². The van der Waals surface area contributed by atoms with Crippen molar-refractivity contribution in [2.75, 3.05) is 33.7 Å². The van der Waals surface area contributed by atoms with Gasteiger partial charge in [0.1, 0.15) is 0 Å². The number of halogens is 2. The SMILES string of the molecule is CCCCN(C)C(=NC)NCCNS(=O)(=O)c1cccc(Cl)c1.I. The number of nitrogens with zero attached hydrogens (tertiary/aromatic N) is 2. The molecule has 0 heterocycles. The first-order valence-electron chi connectivity index (χ1n) is 7.57. The molecule has 0 fully saturated rings. The average molecular weight is 489 g/mol. The van der Waals surface area contributed by atoms with Gasteiger partial charge in [-0.15, -0.1) is 24.0 Å². The van der Waals surface area contributed by atoms with Crippen LogP contribution in [0.15, 0.2) is 34.2 Å². The number of rotatable bonds is 8. The quantitative estimate of drug-likeness (QED) is 0.255. The van der Waals surface area contributed by atoms with Crippen LogP contribution in [0.4, 0.5) is 0 Å². The minimum atomic E-state index is -3.55. The molecule has 24 heavy (non-hydrogen) atoms. The number of nitrogens with one attached hydrogen (secondary N) is 2. The number of hydrogen-bond donors (Lipinski definition) is 2. The second kappa shape index (κ2) is 11.9. The summed E-state index contributed by atoms with van der Waals surface area (Å²) < 4.78 is 26.8. The van der Waals surface area contributed by atoms with Gasteiger partial charge in [0, 0.05) is 38.8 Å². The van der Waals surface area contributed by atoms with Crippen LogP contribution in [0, 0.1) is 0 Å². The lowest BCUT2D eigenvalue weighted by Crippen LogP contribution is -2.42. The van der Waals surface area contributed by atoms with Gasteiger partial charge in [-0.3, -0.25) is 4.99 Å². The van der Waals surface area contributed by atoms with Gasteiger partial charge in [-0.1, -0.05) is 31.0 Å². The molecule has 1 aromatic carbocycles. The highest BCUT2D eigenvalue weighted by molar-refractivity contribution is 14.0. The Kier molecular flexibility index (Phi) is 11.6. The van der Waals surface area contributed by atoms with Crippen LogP contribution in [0.3, 0.4) is 0 Å². The molecule has 2 N–H and O–H groups in total. The van der Waals surface area contributed by atoms with Crippen LogP contribution in [0.1, 0.15) is 19.8 Å². The molecule has 0 unspecified atom stereocenters. The highest BCUT2D eigenvalue weighted by Crippen LogP contribution is 2.14. The van der Waals surface area contributed by atoms with Crippen molar-refractivity contribution < 1.29 is 8.42 Å². The molecule has 1 aromatic rings. The third kappa shape index (κ3) is 8.00. The maximum absolute atomic E-state index is 12.1. The van der Waals surface area contributed by atoms with E-state index in [2.05, 4.69) is 22.0 Å². The van der Waals surface area contributed by atoms with Gasteiger partial charge in [0.05, 0.1) is 4.90 Å². The van der Waals surface area contributed by atoms with Crippen LogP contribution in [0.2, 0.25) is 5.02 Å². The van der Waals surface area contributed by atoms with Crippen molar-refractivity contribution in [3.05, 3.63) is 29.3 Å². The Morgan fingerprint density at radius 3 is 2.62 bits per heavy atom. The first kappa shape index (κ1) is 23.4. The second-order valence-electron chi connectivity index (χ2n) is 5.10. The summed E-state index contributed by atoms with van der Waals surface area (Å²) in [5, 5.41) is 3.53. The van der Waals surface area contributed by atoms with Crippen LogP contribution < -0.4 is 10.0 Å². The van der Waals surface area contributed by atoms with Crippen molar-refractivity contribution in [3.63, 3.8) is 0 Å². The van der Waals surface area contributed by atoms with Gasteiger partial charge in [0.2, 0.25) is 10.0 Å². The molecule has 1 rings (SSSR count). The van der Waals surface area contributed by atoms with Crippen molar-refractivity contribution in [2.45, 2.75) is 24.7 Å². The van der Waals surface area contributed by atoms with Crippen molar-refractivity contribution in [3.8, 4) is 0 Å². The minimum absolute atomic E-state index is 0. The van der Waals surface area contributed by atoms with Gasteiger partial charge in [0.15, 0.2) is 5.96 Å². The minimum Gasteiger partial charge on any atom is -0.355 e. The largest absolute Gasteiger partial charge is 0.355 e. The van der Waals surface area contributed by atoms with E-state index in [0.29, 0.717) is 11.6 Å². The molecule has 0 saturated heterocycles. The zero-order valence-electron chi connectivity index (χ0n) is 14.3. The smallest absolute Gasteiger partial charge is 0.240 e. The lowest BCUT2D eigenvalue weighted by atomic mass is 10.3. The number of guanidine groups is 1. The molecule has 0 aliphatic carbocycles. The van der Waals surface area contributed by atoms with Gasteiger partial charge in [0.25, 0.3) is 0 Å². The molecule has 0 aromatic heterocycles. The van der Waals surface area contributed by atoms with E-state index < -0.39 is 10.0 Å². The van der Waals surface area contributed by atoms with Gasteiger partial charge in [-0.2, -0.15) is 0 Å². The number of aliphatic imine (C=N–C) groups is 1. The molecule has 138 valence electrons. The number of benzene rings is 1. The van der Waals surface area contributed by atoms with E-state index in [0.717, 1.165) is 25.3 Å². The number of hydrogen-bond acceptors (Lipinski definition) is 3. The lowest BCUT2D eigenvalue weighted by molar-refractivity contribution is 0.465. The molecular weight excluding hydrogens is 463 g/mol. The van der Waals surface area contributed by atoms with E-state index in [9.17, 15) is 8.42 Å². The Balaban J connectivity index is 0.00000529. The van der Waals surface area contributed by atoms with Crippen molar-refractivity contribution >= 4 is 51.6 Å². The molecule has 0 aliphatic heterocycles. The molecule has 0 aliphatic rings. The predicted molar refractivity (Wildman–Crippen MR) is 111 cm³/mol. The maximum Gasteiger partial charge on any atom is 0.240 e. The molecule has 0 atom stereocenters. The molecule has 0 radical (unpaired) electrons. The van der Waals surface area contributed by atoms with E-state index in [1.165, 1.54) is 12.1 Å². The molecular formula is C15H26ClIN4O2S. The summed E-state index contributed by atoms with van der Waals surface area (Å²) in [5.41, 5.74) is 0. The first-order valence-corrected chi connectivity index (χ1v) is 9.44. The molecule has 6 nitrogen and oxygen atoms in total. The Bertz CT molecular complexity index is 626. The van der Waals surface area contributed by atoms with E-state index in [4.69, 9.17) is 11.6 Å². The first-order chi connectivity index (χ1) is 10.9. The fraction of sp³-hybridized carbons (Fsp3) is 0.533. The normalized spacial score (nSPS) is 11.8. The number of unbranched alkanes of at least 4 members (excludes halogenated alkanes) is 1. The van der Waals surface area contributed by atoms with Crippen LogP contribution >= 0.6 is 35.6 Å². The monoisotopic (exact) mass is 488 g/mol. The highest BCUT2D eigenvalue weighted by atomic mass is 127. The molecule has 0 amide bonds. The summed E-state index contributed by atoms with van der Waals surface area (Å²) in [7, 11) is 0.119. The van der Waals surface area contributed by atoms with Gasteiger partial charge in [-0.05, 0) is 24.6 Å². The van der Waals surface area contributed by atoms with Crippen molar-refractivity contribution in [2.24, 2.45) is 4.99 Å². The third-order valence-corrected chi connectivity index (χ3v) is 4.92. The summed E-state index contributed by atoms with van der Waals surface area (Å²) in [5.74, 6) is 0.750. The zero-order chi connectivity index (χ0) is 17.3. The Morgan fingerprint density at radius 1 is 1.33 bits per heavy atom. The predicted octanol–water partition coefficient (Wildman–Crippen LogP) is 2.54. The summed E-state index contributed by atoms with van der Waals surface area (Å²) in [6, 6.07) is 6.19. The second-order valence-corrected chi connectivity index (χ2v) is 7.31. The van der Waals surface area contributed by atoms with E-state index in [-0.39, 0.29) is 35.4 Å². The van der Waals surface area contributed by atoms with Crippen LogP contribution in [-0.2, 0) is 10.0 Å². The summed E-state index contributed by atoms with van der Waals surface area (Å²) >= 11 is 5.82. The Hall–Kier alpha value is -0.580. The Morgan fingerprint density at radius 2 is 2.04 bits per heavy atom. The highest BCUT2D eigenvalue weighted by Gasteiger charge is 2.13. The number of sulfonamides is 1. The molecule has 0 saturated carbocycles. The standard InChI is InChI=1S/C15H25ClN4O2S.HI/c1-4-5-11-20(3)15(17-2)18-9-10-19-23(21,22)14-8-6-7-13(16)12-14;/h6-8,12,19H,4-5,9-11H2,1-3H3,(H,17,18);1H.